The molecule has 0 saturated carbocycles. The Morgan fingerprint density at radius 2 is 2.35 bits per heavy atom. The average Bonchev–Trinajstić information content (AvgIpc) is 2.47. The Bertz CT molecular complexity index is 539. The van der Waals surface area contributed by atoms with Gasteiger partial charge in [0.2, 0.25) is 0 Å². The Kier molecular flexibility index (Phi) is 4.57. The number of ether oxygens (including phenoxy) is 1. The summed E-state index contributed by atoms with van der Waals surface area (Å²) in [6, 6.07) is 6.48. The van der Waals surface area contributed by atoms with Crippen LogP contribution in [0.3, 0.4) is 0 Å². The lowest BCUT2D eigenvalue weighted by molar-refractivity contribution is -0.141. The predicted octanol–water partition coefficient (Wildman–Crippen LogP) is 2.62. The fraction of sp³-hybridized carbons (Fsp3) is 0.467. The van der Waals surface area contributed by atoms with Gasteiger partial charge in [0.05, 0.1) is 19.2 Å². The van der Waals surface area contributed by atoms with Crippen molar-refractivity contribution in [2.24, 2.45) is 0 Å². The van der Waals surface area contributed by atoms with Gasteiger partial charge in [0.25, 0.3) is 0 Å². The number of hydrogen-bond donors (Lipinski definition) is 0. The van der Waals surface area contributed by atoms with E-state index < -0.39 is 5.82 Å². The zero-order valence-electron chi connectivity index (χ0n) is 11.4. The largest absolute Gasteiger partial charge is 0.469 e. The number of methoxy groups -OCH3 is 1. The van der Waals surface area contributed by atoms with Crippen LogP contribution in [0, 0.1) is 17.1 Å². The highest BCUT2D eigenvalue weighted by atomic mass is 19.1. The van der Waals surface area contributed by atoms with Gasteiger partial charge in [-0.2, -0.15) is 5.26 Å². The summed E-state index contributed by atoms with van der Waals surface area (Å²) in [4.78, 5) is 13.5. The van der Waals surface area contributed by atoms with E-state index in [1.807, 2.05) is 11.0 Å². The highest BCUT2D eigenvalue weighted by Gasteiger charge is 2.27. The van der Waals surface area contributed by atoms with Crippen LogP contribution in [0.15, 0.2) is 18.2 Å². The molecule has 0 radical (unpaired) electrons. The normalized spacial score (nSPS) is 18.4. The van der Waals surface area contributed by atoms with E-state index in [2.05, 4.69) is 0 Å². The monoisotopic (exact) mass is 276 g/mol. The van der Waals surface area contributed by atoms with Crippen molar-refractivity contribution in [2.45, 2.75) is 31.7 Å². The number of anilines is 1. The molecule has 4 nitrogen and oxygen atoms in total. The van der Waals surface area contributed by atoms with E-state index in [-0.39, 0.29) is 24.0 Å². The van der Waals surface area contributed by atoms with Crippen LogP contribution in [0.1, 0.15) is 31.2 Å². The van der Waals surface area contributed by atoms with E-state index in [4.69, 9.17) is 10.00 Å². The van der Waals surface area contributed by atoms with Crippen molar-refractivity contribution in [3.63, 3.8) is 0 Å². The average molecular weight is 276 g/mol. The molecule has 1 aromatic carbocycles. The van der Waals surface area contributed by atoms with Gasteiger partial charge in [-0.15, -0.1) is 0 Å². The van der Waals surface area contributed by atoms with Crippen LogP contribution >= 0.6 is 0 Å². The van der Waals surface area contributed by atoms with Crippen molar-refractivity contribution >= 4 is 11.7 Å². The van der Waals surface area contributed by atoms with Crippen molar-refractivity contribution in [2.75, 3.05) is 18.6 Å². The minimum absolute atomic E-state index is 0.0369. The minimum Gasteiger partial charge on any atom is -0.469 e. The summed E-state index contributed by atoms with van der Waals surface area (Å²) in [5.41, 5.74) is 0.616. The van der Waals surface area contributed by atoms with Crippen LogP contribution in [-0.2, 0) is 9.53 Å². The predicted molar refractivity (Wildman–Crippen MR) is 72.7 cm³/mol. The number of rotatable bonds is 3. The summed E-state index contributed by atoms with van der Waals surface area (Å²) in [5, 5.41) is 9.14. The molecule has 0 amide bonds. The van der Waals surface area contributed by atoms with Crippen molar-refractivity contribution in [1.82, 2.24) is 0 Å². The molecule has 0 bridgehead atoms. The molecule has 0 aliphatic carbocycles. The first-order chi connectivity index (χ1) is 9.67. The second kappa shape index (κ2) is 6.38. The number of nitrogens with zero attached hydrogens (tertiary/aromatic N) is 2. The number of carbonyl (C=O) groups is 1. The van der Waals surface area contributed by atoms with E-state index in [0.717, 1.165) is 25.8 Å². The lowest BCUT2D eigenvalue weighted by atomic mass is 9.97. The van der Waals surface area contributed by atoms with Crippen LogP contribution < -0.4 is 4.90 Å². The van der Waals surface area contributed by atoms with Gasteiger partial charge in [0.1, 0.15) is 17.4 Å². The smallest absolute Gasteiger partial charge is 0.307 e. The molecule has 106 valence electrons. The number of esters is 1. The van der Waals surface area contributed by atoms with Gasteiger partial charge in [0.15, 0.2) is 0 Å². The van der Waals surface area contributed by atoms with Gasteiger partial charge in [0, 0.05) is 12.6 Å². The van der Waals surface area contributed by atoms with Gasteiger partial charge in [-0.1, -0.05) is 6.07 Å². The standard InChI is InChI=1S/C15H17FN2O2/c1-20-15(19)9-11-5-2-3-8-18(11)14-7-4-6-13(16)12(14)10-17/h4,6-7,11H,2-3,5,8-9H2,1H3. The highest BCUT2D eigenvalue weighted by Crippen LogP contribution is 2.30. The topological polar surface area (TPSA) is 53.3 Å². The fourth-order valence-electron chi connectivity index (χ4n) is 2.67. The second-order valence-corrected chi connectivity index (χ2v) is 4.87. The molecule has 1 heterocycles. The summed E-state index contributed by atoms with van der Waals surface area (Å²) in [7, 11) is 1.36. The third-order valence-electron chi connectivity index (χ3n) is 3.67. The molecule has 1 unspecified atom stereocenters. The molecule has 0 N–H and O–H groups in total. The van der Waals surface area contributed by atoms with E-state index in [1.165, 1.54) is 13.2 Å². The Labute approximate surface area is 117 Å². The maximum atomic E-state index is 13.7. The number of halogens is 1. The zero-order valence-corrected chi connectivity index (χ0v) is 11.4. The van der Waals surface area contributed by atoms with Crippen LogP contribution in [-0.4, -0.2) is 25.7 Å². The summed E-state index contributed by atoms with van der Waals surface area (Å²) < 4.78 is 18.4. The first-order valence-electron chi connectivity index (χ1n) is 6.69. The second-order valence-electron chi connectivity index (χ2n) is 4.87. The molecule has 1 aromatic rings. The van der Waals surface area contributed by atoms with E-state index >= 15 is 0 Å². The minimum atomic E-state index is -0.521. The Hall–Kier alpha value is -2.09. The molecule has 1 saturated heterocycles. The maximum absolute atomic E-state index is 13.7. The molecule has 0 spiro atoms. The van der Waals surface area contributed by atoms with Crippen LogP contribution in [0.2, 0.25) is 0 Å². The van der Waals surface area contributed by atoms with E-state index in [9.17, 15) is 9.18 Å². The van der Waals surface area contributed by atoms with Crippen molar-refractivity contribution < 1.29 is 13.9 Å². The number of benzene rings is 1. The summed E-state index contributed by atoms with van der Waals surface area (Å²) >= 11 is 0. The van der Waals surface area contributed by atoms with E-state index in [0.29, 0.717) is 5.69 Å². The molecule has 5 heteroatoms. The van der Waals surface area contributed by atoms with Crippen LogP contribution in [0.4, 0.5) is 10.1 Å². The Morgan fingerprint density at radius 1 is 1.55 bits per heavy atom. The van der Waals surface area contributed by atoms with Gasteiger partial charge in [-0.25, -0.2) is 4.39 Å². The van der Waals surface area contributed by atoms with E-state index in [1.54, 1.807) is 12.1 Å². The highest BCUT2D eigenvalue weighted by molar-refractivity contribution is 5.71. The molecule has 1 atom stereocenters. The van der Waals surface area contributed by atoms with Crippen molar-refractivity contribution in [1.29, 1.82) is 5.26 Å². The Morgan fingerprint density at radius 3 is 3.05 bits per heavy atom. The van der Waals surface area contributed by atoms with Crippen molar-refractivity contribution in [3.8, 4) is 6.07 Å². The third kappa shape index (κ3) is 2.90. The molecule has 1 aliphatic rings. The molecule has 1 aliphatic heterocycles. The van der Waals surface area contributed by atoms with Gasteiger partial charge in [-0.3, -0.25) is 4.79 Å². The van der Waals surface area contributed by atoms with Gasteiger partial charge >= 0.3 is 5.97 Å². The number of nitriles is 1. The first-order valence-corrected chi connectivity index (χ1v) is 6.69. The SMILES string of the molecule is COC(=O)CC1CCCCN1c1cccc(F)c1C#N. The molecule has 1 fully saturated rings. The van der Waals surface area contributed by atoms with Gasteiger partial charge in [-0.05, 0) is 31.4 Å². The van der Waals surface area contributed by atoms with Crippen LogP contribution in [0.5, 0.6) is 0 Å². The number of piperidine rings is 1. The molecule has 0 aromatic heterocycles. The zero-order chi connectivity index (χ0) is 14.5. The maximum Gasteiger partial charge on any atom is 0.307 e. The Balaban J connectivity index is 2.31. The number of hydrogen-bond acceptors (Lipinski definition) is 4. The quantitative estimate of drug-likeness (QED) is 0.796. The lowest BCUT2D eigenvalue weighted by Crippen LogP contribution is -2.41. The van der Waals surface area contributed by atoms with Crippen molar-refractivity contribution in [3.05, 3.63) is 29.6 Å². The molecular weight excluding hydrogens is 259 g/mol. The lowest BCUT2D eigenvalue weighted by Gasteiger charge is -2.37. The van der Waals surface area contributed by atoms with Crippen LogP contribution in [0.25, 0.3) is 0 Å². The first kappa shape index (κ1) is 14.3. The fourth-order valence-corrected chi connectivity index (χ4v) is 2.67. The molecule has 20 heavy (non-hydrogen) atoms. The summed E-state index contributed by atoms with van der Waals surface area (Å²) in [6.45, 7) is 0.722. The third-order valence-corrected chi connectivity index (χ3v) is 3.67. The molecule has 2 rings (SSSR count). The molecular formula is C15H17FN2O2. The summed E-state index contributed by atoms with van der Waals surface area (Å²) in [5.74, 6) is -0.802. The number of carbonyl (C=O) groups excluding carboxylic acids is 1. The summed E-state index contributed by atoms with van der Waals surface area (Å²) in [6.07, 6.45) is 3.10. The van der Waals surface area contributed by atoms with Gasteiger partial charge < -0.3 is 9.64 Å².